The second-order valence-corrected chi connectivity index (χ2v) is 10.2. The lowest BCUT2D eigenvalue weighted by molar-refractivity contribution is 1.65. The minimum absolute atomic E-state index is 0.288. The zero-order chi connectivity index (χ0) is 7.52. The molecule has 56 valence electrons. The number of halogens is 2. The molecule has 0 nitrogen and oxygen atoms in total. The van der Waals surface area contributed by atoms with Crippen LogP contribution in [0.5, 0.6) is 0 Å². The quantitative estimate of drug-likeness (QED) is 0.618. The van der Waals surface area contributed by atoms with E-state index in [-0.39, 0.29) is 16.8 Å². The van der Waals surface area contributed by atoms with Gasteiger partial charge in [-0.1, -0.05) is 27.9 Å². The fourth-order valence-corrected chi connectivity index (χ4v) is 6.63. The molecule has 0 aromatic heterocycles. The molecule has 0 spiro atoms. The van der Waals surface area contributed by atoms with Gasteiger partial charge < -0.3 is 0 Å². The topological polar surface area (TPSA) is 0 Å². The van der Waals surface area contributed by atoms with E-state index >= 15 is 0 Å². The normalized spacial score (nSPS) is 14.2. The number of fused-ring (bicyclic) bond motifs is 1. The van der Waals surface area contributed by atoms with Gasteiger partial charge in [-0.25, -0.2) is 0 Å². The van der Waals surface area contributed by atoms with Crippen LogP contribution in [0.4, 0.5) is 0 Å². The minimum Gasteiger partial charge on any atom is -0.0763 e. The zero-order valence-corrected chi connectivity index (χ0v) is 10.0. The summed E-state index contributed by atoms with van der Waals surface area (Å²) in [6, 6.07) is 8.56. The summed E-state index contributed by atoms with van der Waals surface area (Å²) in [5.74, 6) is 0. The van der Waals surface area contributed by atoms with Gasteiger partial charge in [0.1, 0.15) is 0 Å². The van der Waals surface area contributed by atoms with E-state index in [0.29, 0.717) is 16.8 Å². The lowest BCUT2D eigenvalue weighted by Crippen LogP contribution is -1.81. The third kappa shape index (κ3) is 1.86. The summed E-state index contributed by atoms with van der Waals surface area (Å²) in [7, 11) is 0. The molecule has 1 aliphatic heterocycles. The molecule has 0 bridgehead atoms. The molecule has 2 heteroatoms. The number of rotatable bonds is 0. The van der Waals surface area contributed by atoms with Gasteiger partial charge in [0.15, 0.2) is 0 Å². The van der Waals surface area contributed by atoms with Crippen molar-refractivity contribution in [2.45, 2.75) is 0 Å². The fraction of sp³-hybridized carbons (Fsp3) is 0. The molecule has 0 aliphatic carbocycles. The predicted octanol–water partition coefficient (Wildman–Crippen LogP) is 3.12. The molecule has 1 heterocycles. The number of hydrogen-bond donors (Lipinski definition) is 0. The van der Waals surface area contributed by atoms with Gasteiger partial charge in [0.05, 0.1) is 0 Å². The van der Waals surface area contributed by atoms with Crippen molar-refractivity contribution >= 4 is 47.3 Å². The van der Waals surface area contributed by atoms with Gasteiger partial charge in [-0.3, -0.25) is 0 Å². The number of hydrogen-bond acceptors (Lipinski definition) is 0. The molecule has 1 aliphatic rings. The van der Waals surface area contributed by atoms with Gasteiger partial charge in [0.25, 0.3) is 0 Å². The Morgan fingerprint density at radius 1 is 1.09 bits per heavy atom. The lowest BCUT2D eigenvalue weighted by Gasteiger charge is -1.95. The van der Waals surface area contributed by atoms with Crippen molar-refractivity contribution in [3.63, 3.8) is 0 Å². The summed E-state index contributed by atoms with van der Waals surface area (Å²) in [5, 5.41) is 0. The largest absolute Gasteiger partial charge is 0.0763 e. The van der Waals surface area contributed by atoms with Gasteiger partial charge in [-0.2, -0.15) is 0 Å². The minimum atomic E-state index is 0.288. The van der Waals surface area contributed by atoms with E-state index in [9.17, 15) is 0 Å². The fourth-order valence-electron chi connectivity index (χ4n) is 0.910. The first-order chi connectivity index (χ1) is 5.47. The summed E-state index contributed by atoms with van der Waals surface area (Å²) < 4.78 is 5.83. The molecular formula is C9H6I2. The van der Waals surface area contributed by atoms with Crippen LogP contribution in [0.1, 0.15) is 11.1 Å². The van der Waals surface area contributed by atoms with Crippen molar-refractivity contribution in [3.8, 4) is 0 Å². The summed E-state index contributed by atoms with van der Waals surface area (Å²) in [4.78, 5) is 0. The first kappa shape index (κ1) is 7.83. The van der Waals surface area contributed by atoms with Crippen LogP contribution in [0.15, 0.2) is 24.3 Å². The van der Waals surface area contributed by atoms with E-state index in [1.54, 1.807) is 0 Å². The van der Waals surface area contributed by atoms with Gasteiger partial charge in [0, 0.05) is 16.8 Å². The second kappa shape index (κ2) is 3.74. The molecular weight excluding hydrogens is 362 g/mol. The Morgan fingerprint density at radius 3 is 2.82 bits per heavy atom. The monoisotopic (exact) mass is 368 g/mol. The van der Waals surface area contributed by atoms with Crippen molar-refractivity contribution in [3.05, 3.63) is 35.4 Å². The molecule has 0 atom stereocenters. The van der Waals surface area contributed by atoms with Crippen molar-refractivity contribution < 1.29 is 0 Å². The smallest absolute Gasteiger partial charge is 0.000104 e. The van der Waals surface area contributed by atoms with Crippen LogP contribution in [-0.2, 0) is 0 Å². The van der Waals surface area contributed by atoms with E-state index in [1.807, 2.05) is 0 Å². The molecule has 0 fully saturated rings. The third-order valence-corrected chi connectivity index (χ3v) is 7.87. The molecule has 1 aromatic carbocycles. The van der Waals surface area contributed by atoms with Crippen LogP contribution in [0.25, 0.3) is 6.08 Å². The first-order valence-corrected chi connectivity index (χ1v) is 11.9. The van der Waals surface area contributed by atoms with E-state index in [2.05, 4.69) is 38.0 Å². The summed E-state index contributed by atoms with van der Waals surface area (Å²) in [6.07, 6.45) is 2.16. The Bertz CT molecular complexity index is 358. The summed E-state index contributed by atoms with van der Waals surface area (Å²) >= 11 is 0.629. The average Bonchev–Trinajstić information content (AvgIpc) is 2.28. The maximum absolute atomic E-state index is 3.41. The highest BCUT2D eigenvalue weighted by Gasteiger charge is 1.94. The van der Waals surface area contributed by atoms with Crippen molar-refractivity contribution in [2.24, 2.45) is 0 Å². The predicted molar refractivity (Wildman–Crippen MR) is 69.1 cm³/mol. The van der Waals surface area contributed by atoms with E-state index in [0.717, 1.165) is 0 Å². The Balaban J connectivity index is 2.67. The molecule has 0 N–H and O–H groups in total. The Kier molecular flexibility index (Phi) is 2.66. The molecule has 1 aromatic rings. The van der Waals surface area contributed by atoms with Gasteiger partial charge >= 0.3 is 0 Å². The molecule has 0 unspecified atom stereocenters. The number of benzene rings is 1. The van der Waals surface area contributed by atoms with Crippen molar-refractivity contribution in [2.75, 3.05) is 0 Å². The maximum atomic E-state index is 3.41. The van der Waals surface area contributed by atoms with Crippen molar-refractivity contribution in [1.29, 1.82) is 0 Å². The molecule has 0 radical (unpaired) electrons. The zero-order valence-electron chi connectivity index (χ0n) is 5.72. The highest BCUT2D eigenvalue weighted by Crippen LogP contribution is 2.22. The highest BCUT2D eigenvalue weighted by atomic mass is 128. The Hall–Kier alpha value is 0.200. The van der Waals surface area contributed by atoms with Crippen LogP contribution in [0, 0.1) is 0 Å². The SMILES string of the molecule is C1=Cc2ccccc2C=II=1. The van der Waals surface area contributed by atoms with Crippen LogP contribution in [-0.4, -0.2) is 7.68 Å². The van der Waals surface area contributed by atoms with Crippen molar-refractivity contribution in [1.82, 2.24) is 0 Å². The molecule has 2 rings (SSSR count). The average molecular weight is 368 g/mol. The van der Waals surface area contributed by atoms with Gasteiger partial charge in [0.2, 0.25) is 0 Å². The molecule has 11 heavy (non-hydrogen) atoms. The summed E-state index contributed by atoms with van der Waals surface area (Å²) in [5.41, 5.74) is 2.77. The molecule has 0 amide bonds. The van der Waals surface area contributed by atoms with E-state index in [4.69, 9.17) is 0 Å². The molecule has 0 saturated carbocycles. The lowest BCUT2D eigenvalue weighted by atomic mass is 10.1. The van der Waals surface area contributed by atoms with Crippen LogP contribution >= 0.6 is 33.5 Å². The third-order valence-electron chi connectivity index (χ3n) is 1.45. The highest BCUT2D eigenvalue weighted by molar-refractivity contribution is 15.1. The Labute approximate surface area is 81.9 Å². The Morgan fingerprint density at radius 2 is 1.91 bits per heavy atom. The van der Waals surface area contributed by atoms with Crippen LogP contribution in [0.2, 0.25) is 0 Å². The van der Waals surface area contributed by atoms with E-state index < -0.39 is 0 Å². The van der Waals surface area contributed by atoms with E-state index in [1.165, 1.54) is 11.1 Å². The standard InChI is InChI=1S/C9H6I2/c1-2-4-9-7-11-10-6-5-8(9)3-1/h1-5,7H. The maximum Gasteiger partial charge on any atom is 0.000104 e. The first-order valence-electron chi connectivity index (χ1n) is 3.24. The second-order valence-electron chi connectivity index (χ2n) is 2.15. The van der Waals surface area contributed by atoms with Crippen LogP contribution in [0.3, 0.4) is 0 Å². The molecule has 0 saturated heterocycles. The summed E-state index contributed by atoms with van der Waals surface area (Å²) in [6.45, 7) is 0. The van der Waals surface area contributed by atoms with Crippen LogP contribution < -0.4 is 0 Å². The van der Waals surface area contributed by atoms with Gasteiger partial charge in [-0.15, -0.1) is 0 Å². The van der Waals surface area contributed by atoms with Gasteiger partial charge in [-0.05, 0) is 38.0 Å².